The number of carbonyl (C=O) groups is 1. The number of likely N-dealkylation sites (N-methyl/N-ethyl adjacent to an activating group) is 1. The Morgan fingerprint density at radius 3 is 2.72 bits per heavy atom. The molecule has 98 valence electrons. The van der Waals surface area contributed by atoms with Gasteiger partial charge in [0, 0.05) is 19.5 Å². The lowest BCUT2D eigenvalue weighted by atomic mass is 9.96. The van der Waals surface area contributed by atoms with E-state index in [-0.39, 0.29) is 11.9 Å². The average molecular weight is 254 g/mol. The van der Waals surface area contributed by atoms with Crippen molar-refractivity contribution in [2.24, 2.45) is 5.73 Å². The summed E-state index contributed by atoms with van der Waals surface area (Å²) in [4.78, 5) is 13.3. The van der Waals surface area contributed by atoms with Gasteiger partial charge >= 0.3 is 0 Å². The molecule has 1 fully saturated rings. The van der Waals surface area contributed by atoms with Crippen molar-refractivity contribution < 1.29 is 13.6 Å². The van der Waals surface area contributed by atoms with E-state index in [4.69, 9.17) is 5.73 Å². The molecule has 1 aromatic rings. The van der Waals surface area contributed by atoms with Crippen LogP contribution in [0.5, 0.6) is 0 Å². The Labute approximate surface area is 105 Å². The van der Waals surface area contributed by atoms with Gasteiger partial charge in [-0.1, -0.05) is 6.07 Å². The van der Waals surface area contributed by atoms with E-state index in [1.54, 1.807) is 7.05 Å². The number of nitrogens with two attached hydrogens (primary N) is 1. The lowest BCUT2D eigenvalue weighted by molar-refractivity contribution is -0.131. The summed E-state index contributed by atoms with van der Waals surface area (Å²) in [6.45, 7) is 0. The quantitative estimate of drug-likeness (QED) is 0.833. The van der Waals surface area contributed by atoms with Gasteiger partial charge in [-0.25, -0.2) is 8.78 Å². The summed E-state index contributed by atoms with van der Waals surface area (Å²) >= 11 is 0. The molecule has 2 atom stereocenters. The van der Waals surface area contributed by atoms with Crippen molar-refractivity contribution in [3.05, 3.63) is 35.4 Å². The molecule has 2 unspecified atom stereocenters. The topological polar surface area (TPSA) is 46.3 Å². The number of rotatable bonds is 1. The first-order valence-electron chi connectivity index (χ1n) is 5.97. The minimum atomic E-state index is -0.912. The third-order valence-electron chi connectivity index (χ3n) is 3.43. The van der Waals surface area contributed by atoms with Crippen LogP contribution in [0.3, 0.4) is 0 Å². The van der Waals surface area contributed by atoms with Gasteiger partial charge in [0.05, 0.1) is 6.04 Å². The van der Waals surface area contributed by atoms with E-state index in [1.165, 1.54) is 11.0 Å². The summed E-state index contributed by atoms with van der Waals surface area (Å²) in [7, 11) is 1.65. The molecular formula is C13H16F2N2O. The maximum atomic E-state index is 13.3. The summed E-state index contributed by atoms with van der Waals surface area (Å²) in [6, 6.07) is 3.02. The highest BCUT2D eigenvalue weighted by Crippen LogP contribution is 2.29. The van der Waals surface area contributed by atoms with Gasteiger partial charge in [-0.3, -0.25) is 4.79 Å². The molecular weight excluding hydrogens is 238 g/mol. The van der Waals surface area contributed by atoms with Crippen LogP contribution in [0, 0.1) is 11.6 Å². The third-order valence-corrected chi connectivity index (χ3v) is 3.43. The number of halogens is 2. The Morgan fingerprint density at radius 2 is 2.06 bits per heavy atom. The molecule has 0 saturated carbocycles. The second kappa shape index (κ2) is 5.02. The van der Waals surface area contributed by atoms with E-state index in [1.807, 2.05) is 0 Å². The zero-order chi connectivity index (χ0) is 13.3. The van der Waals surface area contributed by atoms with Crippen LogP contribution in [0.1, 0.15) is 30.9 Å². The Balaban J connectivity index is 2.38. The minimum Gasteiger partial charge on any atom is -0.337 e. The molecule has 5 heteroatoms. The largest absolute Gasteiger partial charge is 0.337 e. The fourth-order valence-electron chi connectivity index (χ4n) is 2.43. The number of amides is 1. The zero-order valence-electron chi connectivity index (χ0n) is 10.2. The highest BCUT2D eigenvalue weighted by Gasteiger charge is 2.30. The van der Waals surface area contributed by atoms with Gasteiger partial charge in [-0.2, -0.15) is 0 Å². The van der Waals surface area contributed by atoms with E-state index in [0.29, 0.717) is 18.4 Å². The van der Waals surface area contributed by atoms with E-state index in [0.717, 1.165) is 18.6 Å². The number of hydrogen-bond donors (Lipinski definition) is 1. The van der Waals surface area contributed by atoms with Crippen molar-refractivity contribution in [3.8, 4) is 0 Å². The number of hydrogen-bond acceptors (Lipinski definition) is 2. The molecule has 2 N–H and O–H groups in total. The minimum absolute atomic E-state index is 0.0160. The standard InChI is InChI=1S/C13H16F2N2O/c1-17-12(18)4-2-3-11(16)13(17)8-5-6-9(14)10(15)7-8/h5-7,11,13H,2-4,16H2,1H3. The zero-order valence-corrected chi connectivity index (χ0v) is 10.2. The summed E-state index contributed by atoms with van der Waals surface area (Å²) in [6.07, 6.45) is 1.87. The molecule has 0 aliphatic carbocycles. The first-order chi connectivity index (χ1) is 8.50. The normalized spacial score (nSPS) is 25.1. The van der Waals surface area contributed by atoms with Crippen molar-refractivity contribution in [2.75, 3.05) is 7.05 Å². The Kier molecular flexibility index (Phi) is 3.61. The highest BCUT2D eigenvalue weighted by atomic mass is 19.2. The summed E-state index contributed by atoms with van der Waals surface area (Å²) in [5, 5.41) is 0. The molecule has 0 bridgehead atoms. The Morgan fingerprint density at radius 1 is 1.33 bits per heavy atom. The van der Waals surface area contributed by atoms with Crippen LogP contribution < -0.4 is 5.73 Å². The lowest BCUT2D eigenvalue weighted by Gasteiger charge is -2.30. The second-order valence-electron chi connectivity index (χ2n) is 4.68. The summed E-state index contributed by atoms with van der Waals surface area (Å²) in [5.74, 6) is -1.82. The van der Waals surface area contributed by atoms with Crippen molar-refractivity contribution in [3.63, 3.8) is 0 Å². The molecule has 1 heterocycles. The molecule has 1 aromatic carbocycles. The van der Waals surface area contributed by atoms with Crippen LogP contribution in [-0.2, 0) is 4.79 Å². The highest BCUT2D eigenvalue weighted by molar-refractivity contribution is 5.76. The van der Waals surface area contributed by atoms with Gasteiger partial charge in [0.1, 0.15) is 0 Å². The monoisotopic (exact) mass is 254 g/mol. The molecule has 0 aromatic heterocycles. The number of nitrogens with zero attached hydrogens (tertiary/aromatic N) is 1. The van der Waals surface area contributed by atoms with Crippen LogP contribution in [0.4, 0.5) is 8.78 Å². The SMILES string of the molecule is CN1C(=O)CCCC(N)C1c1ccc(F)c(F)c1. The van der Waals surface area contributed by atoms with Gasteiger partial charge in [-0.15, -0.1) is 0 Å². The van der Waals surface area contributed by atoms with Crippen LogP contribution >= 0.6 is 0 Å². The van der Waals surface area contributed by atoms with E-state index < -0.39 is 17.7 Å². The fraction of sp³-hybridized carbons (Fsp3) is 0.462. The first kappa shape index (κ1) is 13.0. The van der Waals surface area contributed by atoms with Gasteiger partial charge in [0.2, 0.25) is 5.91 Å². The van der Waals surface area contributed by atoms with E-state index in [9.17, 15) is 13.6 Å². The number of carbonyl (C=O) groups excluding carboxylic acids is 1. The van der Waals surface area contributed by atoms with E-state index in [2.05, 4.69) is 0 Å². The molecule has 1 aliphatic heterocycles. The molecule has 1 saturated heterocycles. The average Bonchev–Trinajstić information content (AvgIpc) is 2.44. The van der Waals surface area contributed by atoms with Crippen molar-refractivity contribution in [1.29, 1.82) is 0 Å². The predicted molar refractivity (Wildman–Crippen MR) is 63.7 cm³/mol. The first-order valence-corrected chi connectivity index (χ1v) is 5.97. The Bertz CT molecular complexity index is 464. The molecule has 3 nitrogen and oxygen atoms in total. The summed E-state index contributed by atoms with van der Waals surface area (Å²) in [5.41, 5.74) is 6.58. The molecule has 0 spiro atoms. The maximum Gasteiger partial charge on any atom is 0.222 e. The molecule has 2 rings (SSSR count). The predicted octanol–water partition coefficient (Wildman–Crippen LogP) is 1.98. The van der Waals surface area contributed by atoms with Gasteiger partial charge < -0.3 is 10.6 Å². The van der Waals surface area contributed by atoms with E-state index >= 15 is 0 Å². The van der Waals surface area contributed by atoms with Crippen molar-refractivity contribution in [2.45, 2.75) is 31.3 Å². The van der Waals surface area contributed by atoms with Crippen LogP contribution in [0.25, 0.3) is 0 Å². The number of benzene rings is 1. The van der Waals surface area contributed by atoms with Crippen LogP contribution in [-0.4, -0.2) is 23.9 Å². The maximum absolute atomic E-state index is 13.3. The fourth-order valence-corrected chi connectivity index (χ4v) is 2.43. The second-order valence-corrected chi connectivity index (χ2v) is 4.68. The van der Waals surface area contributed by atoms with Crippen molar-refractivity contribution >= 4 is 5.91 Å². The van der Waals surface area contributed by atoms with Crippen molar-refractivity contribution in [1.82, 2.24) is 4.90 Å². The molecule has 18 heavy (non-hydrogen) atoms. The third kappa shape index (κ3) is 2.36. The number of likely N-dealkylation sites (tertiary alicyclic amines) is 1. The molecule has 0 radical (unpaired) electrons. The van der Waals surface area contributed by atoms with Gasteiger partial charge in [-0.05, 0) is 30.5 Å². The van der Waals surface area contributed by atoms with Crippen LogP contribution in [0.2, 0.25) is 0 Å². The summed E-state index contributed by atoms with van der Waals surface area (Å²) < 4.78 is 26.2. The van der Waals surface area contributed by atoms with Gasteiger partial charge in [0.25, 0.3) is 0 Å². The van der Waals surface area contributed by atoms with Gasteiger partial charge in [0.15, 0.2) is 11.6 Å². The Hall–Kier alpha value is -1.49. The molecule has 1 aliphatic rings. The molecule has 1 amide bonds. The lowest BCUT2D eigenvalue weighted by Crippen LogP contribution is -2.39. The smallest absolute Gasteiger partial charge is 0.222 e. The van der Waals surface area contributed by atoms with Crippen LogP contribution in [0.15, 0.2) is 18.2 Å².